The lowest BCUT2D eigenvalue weighted by Crippen LogP contribution is -2.24. The number of benzene rings is 1. The van der Waals surface area contributed by atoms with Crippen molar-refractivity contribution in [2.24, 2.45) is 0 Å². The van der Waals surface area contributed by atoms with Crippen LogP contribution in [-0.4, -0.2) is 38.8 Å². The van der Waals surface area contributed by atoms with Gasteiger partial charge in [-0.05, 0) is 25.5 Å². The fourth-order valence-corrected chi connectivity index (χ4v) is 4.79. The number of carbonyl (C=O) groups is 2. The van der Waals surface area contributed by atoms with Crippen LogP contribution in [0, 0.1) is 0 Å². The molecule has 0 saturated heterocycles. The van der Waals surface area contributed by atoms with Crippen molar-refractivity contribution in [2.45, 2.75) is 57.7 Å². The van der Waals surface area contributed by atoms with Gasteiger partial charge in [0.25, 0.3) is 5.56 Å². The second-order valence-electron chi connectivity index (χ2n) is 7.39. The third-order valence-electron chi connectivity index (χ3n) is 4.82. The molecule has 10 heteroatoms. The number of aromatic nitrogens is 3. The molecular formula is C23H28N4O4S2. The quantitative estimate of drug-likeness (QED) is 0.176. The highest BCUT2D eigenvalue weighted by atomic mass is 32.2. The number of rotatable bonds is 12. The van der Waals surface area contributed by atoms with Crippen molar-refractivity contribution in [3.63, 3.8) is 0 Å². The van der Waals surface area contributed by atoms with Crippen molar-refractivity contribution in [3.05, 3.63) is 45.7 Å². The Hall–Kier alpha value is -2.72. The van der Waals surface area contributed by atoms with Crippen LogP contribution in [0.15, 0.2) is 39.6 Å². The minimum atomic E-state index is -0.351. The van der Waals surface area contributed by atoms with Gasteiger partial charge in [0.1, 0.15) is 0 Å². The van der Waals surface area contributed by atoms with E-state index in [1.807, 2.05) is 18.2 Å². The smallest absolute Gasteiger partial charge is 0.311 e. The molecular weight excluding hydrogens is 460 g/mol. The summed E-state index contributed by atoms with van der Waals surface area (Å²) in [4.78, 5) is 46.1. The van der Waals surface area contributed by atoms with Gasteiger partial charge in [-0.3, -0.25) is 19.0 Å². The van der Waals surface area contributed by atoms with E-state index in [1.165, 1.54) is 23.1 Å². The summed E-state index contributed by atoms with van der Waals surface area (Å²) in [6, 6.07) is 7.27. The Kier molecular flexibility index (Phi) is 9.44. The summed E-state index contributed by atoms with van der Waals surface area (Å²) >= 11 is 2.49. The molecule has 0 saturated carbocycles. The summed E-state index contributed by atoms with van der Waals surface area (Å²) < 4.78 is 6.59. The molecule has 0 radical (unpaired) electrons. The number of fused-ring (bicyclic) bond motifs is 1. The average molecular weight is 489 g/mol. The number of unbranched alkanes of at least 4 members (excludes halogenated alkanes) is 3. The predicted molar refractivity (Wildman–Crippen MR) is 132 cm³/mol. The van der Waals surface area contributed by atoms with Gasteiger partial charge < -0.3 is 10.1 Å². The second kappa shape index (κ2) is 12.5. The first-order chi connectivity index (χ1) is 16.0. The molecule has 8 nitrogen and oxygen atoms in total. The highest BCUT2D eigenvalue weighted by Crippen LogP contribution is 2.20. The van der Waals surface area contributed by atoms with Gasteiger partial charge in [-0.15, -0.1) is 11.3 Å². The van der Waals surface area contributed by atoms with Gasteiger partial charge in [0.2, 0.25) is 5.91 Å². The Morgan fingerprint density at radius 3 is 2.76 bits per heavy atom. The fourth-order valence-electron chi connectivity index (χ4n) is 3.24. The monoisotopic (exact) mass is 488 g/mol. The molecule has 0 bridgehead atoms. The fraction of sp³-hybridized carbons (Fsp3) is 0.435. The number of thiazole rings is 1. The minimum Gasteiger partial charge on any atom is -0.466 e. The van der Waals surface area contributed by atoms with E-state index in [1.54, 1.807) is 22.9 Å². The maximum atomic E-state index is 13.0. The van der Waals surface area contributed by atoms with Gasteiger partial charge in [-0.25, -0.2) is 9.97 Å². The van der Waals surface area contributed by atoms with Crippen LogP contribution in [-0.2, 0) is 27.3 Å². The molecule has 3 aromatic rings. The number of anilines is 1. The lowest BCUT2D eigenvalue weighted by atomic mass is 10.2. The van der Waals surface area contributed by atoms with Crippen molar-refractivity contribution in [2.75, 3.05) is 17.7 Å². The van der Waals surface area contributed by atoms with Gasteiger partial charge >= 0.3 is 5.97 Å². The van der Waals surface area contributed by atoms with Crippen molar-refractivity contribution < 1.29 is 14.3 Å². The molecule has 176 valence electrons. The van der Waals surface area contributed by atoms with Gasteiger partial charge in [0.15, 0.2) is 10.3 Å². The van der Waals surface area contributed by atoms with Crippen molar-refractivity contribution >= 4 is 51.0 Å². The molecule has 1 aromatic carbocycles. The number of amides is 1. The zero-order valence-electron chi connectivity index (χ0n) is 18.8. The van der Waals surface area contributed by atoms with Crippen LogP contribution in [0.2, 0.25) is 0 Å². The Morgan fingerprint density at radius 1 is 1.15 bits per heavy atom. The molecule has 1 amide bonds. The Balaban J connectivity index is 1.67. The molecule has 0 spiro atoms. The molecule has 0 fully saturated rings. The number of hydrogen-bond acceptors (Lipinski definition) is 8. The maximum Gasteiger partial charge on any atom is 0.311 e. The van der Waals surface area contributed by atoms with Crippen LogP contribution >= 0.6 is 23.1 Å². The number of ether oxygens (including phenoxy) is 1. The summed E-state index contributed by atoms with van der Waals surface area (Å²) in [5.41, 5.74) is 1.10. The molecule has 0 aliphatic rings. The highest BCUT2D eigenvalue weighted by Gasteiger charge is 2.15. The van der Waals surface area contributed by atoms with Crippen molar-refractivity contribution in [1.82, 2.24) is 14.5 Å². The van der Waals surface area contributed by atoms with Crippen molar-refractivity contribution in [1.29, 1.82) is 0 Å². The predicted octanol–water partition coefficient (Wildman–Crippen LogP) is 4.27. The van der Waals surface area contributed by atoms with E-state index >= 15 is 0 Å². The SMILES string of the molecule is CCCCCCn1c(SCC(=O)Nc2nc(CC(=O)OCC)cs2)nc2ccccc2c1=O. The summed E-state index contributed by atoms with van der Waals surface area (Å²) in [6.07, 6.45) is 4.23. The molecule has 0 aliphatic heterocycles. The van der Waals surface area contributed by atoms with Crippen LogP contribution in [0.5, 0.6) is 0 Å². The van der Waals surface area contributed by atoms with Crippen LogP contribution in [0.3, 0.4) is 0 Å². The molecule has 1 N–H and O–H groups in total. The Morgan fingerprint density at radius 2 is 1.97 bits per heavy atom. The topological polar surface area (TPSA) is 103 Å². The van der Waals surface area contributed by atoms with E-state index < -0.39 is 0 Å². The number of carbonyl (C=O) groups excluding carboxylic acids is 2. The Labute approximate surface area is 200 Å². The molecule has 0 atom stereocenters. The zero-order valence-corrected chi connectivity index (χ0v) is 20.5. The van der Waals surface area contributed by atoms with E-state index in [4.69, 9.17) is 4.74 Å². The first-order valence-corrected chi connectivity index (χ1v) is 12.9. The molecule has 2 aromatic heterocycles. The summed E-state index contributed by atoms with van der Waals surface area (Å²) in [6.45, 7) is 4.78. The first kappa shape index (κ1) is 24.9. The van der Waals surface area contributed by atoms with Gasteiger partial charge in [0, 0.05) is 11.9 Å². The highest BCUT2D eigenvalue weighted by molar-refractivity contribution is 7.99. The standard InChI is InChI=1S/C23H28N4O4S2/c1-3-5-6-9-12-27-21(30)17-10-7-8-11-18(17)25-23(27)33-15-19(28)26-22-24-16(14-32-22)13-20(29)31-4-2/h7-8,10-11,14H,3-6,9,12-13,15H2,1-2H3,(H,24,26,28). The van der Waals surface area contributed by atoms with Gasteiger partial charge in [-0.2, -0.15) is 0 Å². The van der Waals surface area contributed by atoms with Gasteiger partial charge in [-0.1, -0.05) is 50.1 Å². The summed E-state index contributed by atoms with van der Waals surface area (Å²) in [5, 5.41) is 6.01. The normalized spacial score (nSPS) is 11.0. The number of para-hydroxylation sites is 1. The second-order valence-corrected chi connectivity index (χ2v) is 9.19. The van der Waals surface area contributed by atoms with Crippen molar-refractivity contribution in [3.8, 4) is 0 Å². The first-order valence-electron chi connectivity index (χ1n) is 11.0. The molecule has 33 heavy (non-hydrogen) atoms. The lowest BCUT2D eigenvalue weighted by Gasteiger charge is -2.13. The number of thioether (sulfide) groups is 1. The van der Waals surface area contributed by atoms with Crippen LogP contribution in [0.1, 0.15) is 45.2 Å². The van der Waals surface area contributed by atoms with Crippen LogP contribution in [0.25, 0.3) is 10.9 Å². The number of nitrogens with zero attached hydrogens (tertiary/aromatic N) is 3. The summed E-state index contributed by atoms with van der Waals surface area (Å²) in [5.74, 6) is -0.514. The minimum absolute atomic E-state index is 0.0697. The number of hydrogen-bond donors (Lipinski definition) is 1. The lowest BCUT2D eigenvalue weighted by molar-refractivity contribution is -0.142. The number of nitrogens with one attached hydrogen (secondary N) is 1. The number of esters is 1. The van der Waals surface area contributed by atoms with Crippen LogP contribution < -0.4 is 10.9 Å². The zero-order chi connectivity index (χ0) is 23.6. The Bertz CT molecular complexity index is 1160. The van der Waals surface area contributed by atoms with Crippen LogP contribution in [0.4, 0.5) is 5.13 Å². The van der Waals surface area contributed by atoms with E-state index in [0.29, 0.717) is 40.0 Å². The van der Waals surface area contributed by atoms with E-state index in [2.05, 4.69) is 22.2 Å². The van der Waals surface area contributed by atoms with E-state index in [0.717, 1.165) is 25.7 Å². The largest absolute Gasteiger partial charge is 0.466 e. The van der Waals surface area contributed by atoms with Gasteiger partial charge in [0.05, 0.1) is 35.4 Å². The molecule has 2 heterocycles. The van der Waals surface area contributed by atoms with E-state index in [-0.39, 0.29) is 29.6 Å². The van der Waals surface area contributed by atoms with E-state index in [9.17, 15) is 14.4 Å². The molecule has 0 unspecified atom stereocenters. The maximum absolute atomic E-state index is 13.0. The third kappa shape index (κ3) is 7.13. The third-order valence-corrected chi connectivity index (χ3v) is 6.61. The summed E-state index contributed by atoms with van der Waals surface area (Å²) in [7, 11) is 0. The molecule has 0 aliphatic carbocycles. The molecule has 3 rings (SSSR count). The average Bonchev–Trinajstić information content (AvgIpc) is 3.23.